The molecule has 0 bridgehead atoms. The van der Waals surface area contributed by atoms with Gasteiger partial charge in [-0.1, -0.05) is 20.8 Å². The molecule has 0 radical (unpaired) electrons. The quantitative estimate of drug-likeness (QED) is 0.876. The van der Waals surface area contributed by atoms with Crippen molar-refractivity contribution in [3.63, 3.8) is 0 Å². The van der Waals surface area contributed by atoms with Crippen LogP contribution in [0.1, 0.15) is 44.2 Å². The molecule has 1 fully saturated rings. The number of piperidine rings is 1. The molecule has 0 amide bonds. The molecule has 20 heavy (non-hydrogen) atoms. The van der Waals surface area contributed by atoms with Gasteiger partial charge in [0.1, 0.15) is 0 Å². The number of nitrogens with one attached hydrogen (secondary N) is 1. The van der Waals surface area contributed by atoms with Gasteiger partial charge in [0.25, 0.3) is 0 Å². The number of ether oxygens (including phenoxy) is 1. The van der Waals surface area contributed by atoms with E-state index in [1.54, 1.807) is 0 Å². The van der Waals surface area contributed by atoms with Gasteiger partial charge in [-0.25, -0.2) is 4.98 Å². The number of hydrogen-bond donors (Lipinski definition) is 1. The number of aromatic nitrogens is 1. The Morgan fingerprint density at radius 1 is 1.40 bits per heavy atom. The maximum Gasteiger partial charge on any atom is 0.185 e. The smallest absolute Gasteiger partial charge is 0.185 e. The number of aryl methyl sites for hydroxylation is 1. The zero-order valence-corrected chi connectivity index (χ0v) is 13.9. The van der Waals surface area contributed by atoms with E-state index in [1.165, 1.54) is 15.7 Å². The van der Waals surface area contributed by atoms with Gasteiger partial charge in [0.15, 0.2) is 5.13 Å². The van der Waals surface area contributed by atoms with E-state index in [1.807, 2.05) is 18.4 Å². The Kier molecular flexibility index (Phi) is 5.81. The van der Waals surface area contributed by atoms with Gasteiger partial charge in [-0.3, -0.25) is 0 Å². The Labute approximate surface area is 126 Å². The van der Waals surface area contributed by atoms with Crippen molar-refractivity contribution in [3.8, 4) is 0 Å². The SMILES string of the molecule is CCc1nc(N2CCC(OC)CC2)sc1CNC(C)C. The van der Waals surface area contributed by atoms with E-state index in [0.717, 1.165) is 38.9 Å². The van der Waals surface area contributed by atoms with Crippen molar-refractivity contribution in [2.75, 3.05) is 25.1 Å². The first-order chi connectivity index (χ1) is 9.63. The first-order valence-electron chi connectivity index (χ1n) is 7.63. The van der Waals surface area contributed by atoms with Crippen LogP contribution in [-0.2, 0) is 17.7 Å². The van der Waals surface area contributed by atoms with Crippen LogP contribution in [0.25, 0.3) is 0 Å². The minimum atomic E-state index is 0.430. The van der Waals surface area contributed by atoms with E-state index in [2.05, 4.69) is 31.0 Å². The lowest BCUT2D eigenvalue weighted by atomic mass is 10.1. The van der Waals surface area contributed by atoms with Gasteiger partial charge in [-0.05, 0) is 19.3 Å². The Bertz CT molecular complexity index is 411. The van der Waals surface area contributed by atoms with Crippen LogP contribution in [0.15, 0.2) is 0 Å². The number of rotatable bonds is 6. The summed E-state index contributed by atoms with van der Waals surface area (Å²) in [5.74, 6) is 0. The number of methoxy groups -OCH3 is 1. The van der Waals surface area contributed by atoms with Crippen molar-refractivity contribution < 1.29 is 4.74 Å². The molecule has 1 aliphatic rings. The normalized spacial score (nSPS) is 17.1. The van der Waals surface area contributed by atoms with E-state index < -0.39 is 0 Å². The van der Waals surface area contributed by atoms with Gasteiger partial charge in [0.2, 0.25) is 0 Å². The molecule has 5 heteroatoms. The predicted octanol–water partition coefficient (Wildman–Crippen LogP) is 2.82. The summed E-state index contributed by atoms with van der Waals surface area (Å²) in [5.41, 5.74) is 1.26. The topological polar surface area (TPSA) is 37.4 Å². The molecule has 1 saturated heterocycles. The summed E-state index contributed by atoms with van der Waals surface area (Å²) in [6.45, 7) is 9.62. The zero-order valence-electron chi connectivity index (χ0n) is 13.1. The lowest BCUT2D eigenvalue weighted by Crippen LogP contribution is -2.36. The molecule has 0 spiro atoms. The van der Waals surface area contributed by atoms with Crippen molar-refractivity contribution >= 4 is 16.5 Å². The minimum absolute atomic E-state index is 0.430. The molecule has 0 saturated carbocycles. The van der Waals surface area contributed by atoms with Crippen LogP contribution in [0.5, 0.6) is 0 Å². The molecule has 4 nitrogen and oxygen atoms in total. The lowest BCUT2D eigenvalue weighted by Gasteiger charge is -2.30. The van der Waals surface area contributed by atoms with Crippen LogP contribution >= 0.6 is 11.3 Å². The Balaban J connectivity index is 2.01. The highest BCUT2D eigenvalue weighted by Crippen LogP contribution is 2.29. The molecule has 0 aliphatic carbocycles. The van der Waals surface area contributed by atoms with Crippen LogP contribution in [0.4, 0.5) is 5.13 Å². The fourth-order valence-corrected chi connectivity index (χ4v) is 3.65. The molecular formula is C15H27N3OS. The van der Waals surface area contributed by atoms with Gasteiger partial charge in [0, 0.05) is 37.7 Å². The second-order valence-corrected chi connectivity index (χ2v) is 6.74. The lowest BCUT2D eigenvalue weighted by molar-refractivity contribution is 0.0819. The van der Waals surface area contributed by atoms with E-state index in [9.17, 15) is 0 Å². The standard InChI is InChI=1S/C15H27N3OS/c1-5-13-14(10-16-11(2)3)20-15(17-13)18-8-6-12(19-4)7-9-18/h11-12,16H,5-10H2,1-4H3. The molecule has 1 aromatic heterocycles. The number of hydrogen-bond acceptors (Lipinski definition) is 5. The number of thiazole rings is 1. The van der Waals surface area contributed by atoms with Crippen molar-refractivity contribution in [2.24, 2.45) is 0 Å². The predicted molar refractivity (Wildman–Crippen MR) is 85.7 cm³/mol. The highest BCUT2D eigenvalue weighted by atomic mass is 32.1. The number of anilines is 1. The van der Waals surface area contributed by atoms with Gasteiger partial charge >= 0.3 is 0 Å². The monoisotopic (exact) mass is 297 g/mol. The first kappa shape index (κ1) is 15.7. The van der Waals surface area contributed by atoms with Crippen molar-refractivity contribution in [3.05, 3.63) is 10.6 Å². The van der Waals surface area contributed by atoms with E-state index in [4.69, 9.17) is 9.72 Å². The fourth-order valence-electron chi connectivity index (χ4n) is 2.50. The molecule has 1 aliphatic heterocycles. The molecule has 2 heterocycles. The van der Waals surface area contributed by atoms with E-state index in [0.29, 0.717) is 12.1 Å². The summed E-state index contributed by atoms with van der Waals surface area (Å²) < 4.78 is 5.44. The second kappa shape index (κ2) is 7.38. The summed E-state index contributed by atoms with van der Waals surface area (Å²) in [5, 5.41) is 4.69. The molecule has 114 valence electrons. The van der Waals surface area contributed by atoms with Crippen molar-refractivity contribution in [2.45, 2.75) is 58.7 Å². The molecular weight excluding hydrogens is 270 g/mol. The third kappa shape index (κ3) is 3.93. The minimum Gasteiger partial charge on any atom is -0.381 e. The largest absolute Gasteiger partial charge is 0.381 e. The highest BCUT2D eigenvalue weighted by Gasteiger charge is 2.22. The average Bonchev–Trinajstić information content (AvgIpc) is 2.88. The van der Waals surface area contributed by atoms with Gasteiger partial charge in [-0.2, -0.15) is 0 Å². The Hall–Kier alpha value is -0.650. The van der Waals surface area contributed by atoms with Crippen molar-refractivity contribution in [1.29, 1.82) is 0 Å². The third-order valence-electron chi connectivity index (χ3n) is 3.82. The average molecular weight is 297 g/mol. The molecule has 0 atom stereocenters. The summed E-state index contributed by atoms with van der Waals surface area (Å²) in [7, 11) is 1.81. The third-order valence-corrected chi connectivity index (χ3v) is 4.98. The van der Waals surface area contributed by atoms with Crippen molar-refractivity contribution in [1.82, 2.24) is 10.3 Å². The molecule has 0 aromatic carbocycles. The molecule has 2 rings (SSSR count). The van der Waals surface area contributed by atoms with Crippen LogP contribution in [0.2, 0.25) is 0 Å². The zero-order chi connectivity index (χ0) is 14.5. The molecule has 1 aromatic rings. The summed E-state index contributed by atoms with van der Waals surface area (Å²) in [6.07, 6.45) is 3.66. The summed E-state index contributed by atoms with van der Waals surface area (Å²) in [6, 6.07) is 0.516. The van der Waals surface area contributed by atoms with E-state index in [-0.39, 0.29) is 0 Å². The van der Waals surface area contributed by atoms with Gasteiger partial charge in [-0.15, -0.1) is 11.3 Å². The molecule has 1 N–H and O–H groups in total. The summed E-state index contributed by atoms with van der Waals surface area (Å²) in [4.78, 5) is 8.65. The van der Waals surface area contributed by atoms with Crippen LogP contribution < -0.4 is 10.2 Å². The second-order valence-electron chi connectivity index (χ2n) is 5.68. The van der Waals surface area contributed by atoms with Gasteiger partial charge < -0.3 is 15.0 Å². The van der Waals surface area contributed by atoms with Crippen LogP contribution in [0.3, 0.4) is 0 Å². The molecule has 0 unspecified atom stereocenters. The van der Waals surface area contributed by atoms with Crippen LogP contribution in [-0.4, -0.2) is 37.3 Å². The Morgan fingerprint density at radius 3 is 2.65 bits per heavy atom. The first-order valence-corrected chi connectivity index (χ1v) is 8.45. The van der Waals surface area contributed by atoms with Gasteiger partial charge in [0.05, 0.1) is 11.8 Å². The van der Waals surface area contributed by atoms with Crippen LogP contribution in [0, 0.1) is 0 Å². The highest BCUT2D eigenvalue weighted by molar-refractivity contribution is 7.15. The van der Waals surface area contributed by atoms with E-state index >= 15 is 0 Å². The number of nitrogens with zero attached hydrogens (tertiary/aromatic N) is 2. The Morgan fingerprint density at radius 2 is 2.10 bits per heavy atom. The maximum atomic E-state index is 5.44. The maximum absolute atomic E-state index is 5.44. The fraction of sp³-hybridized carbons (Fsp3) is 0.800. The summed E-state index contributed by atoms with van der Waals surface area (Å²) >= 11 is 1.85.